The number of hydrogen-bond acceptors (Lipinski definition) is 5. The summed E-state index contributed by atoms with van der Waals surface area (Å²) in [6.07, 6.45) is 1.30. The van der Waals surface area contributed by atoms with E-state index in [1.54, 1.807) is 42.5 Å². The first-order chi connectivity index (χ1) is 12.5. The molecule has 2 aromatic rings. The summed E-state index contributed by atoms with van der Waals surface area (Å²) in [5, 5.41) is 11.8. The number of hydrogen-bond donors (Lipinski definition) is 2. The first-order valence-corrected chi connectivity index (χ1v) is 7.62. The highest BCUT2D eigenvalue weighted by Crippen LogP contribution is 2.40. The minimum atomic E-state index is -1.29. The molecule has 0 fully saturated rings. The Labute approximate surface area is 150 Å². The molecular weight excluding hydrogens is 338 g/mol. The first-order valence-electron chi connectivity index (χ1n) is 7.62. The van der Waals surface area contributed by atoms with E-state index >= 15 is 0 Å². The Kier molecular flexibility index (Phi) is 6.21. The number of amides is 1. The highest BCUT2D eigenvalue weighted by molar-refractivity contribution is 6.03. The molecule has 0 aliphatic carbocycles. The summed E-state index contributed by atoms with van der Waals surface area (Å²) >= 11 is 0. The van der Waals surface area contributed by atoms with E-state index in [4.69, 9.17) is 14.2 Å². The molecule has 2 aromatic carbocycles. The zero-order valence-corrected chi connectivity index (χ0v) is 14.6. The summed E-state index contributed by atoms with van der Waals surface area (Å²) in [5.74, 6) is -0.765. The molecular formula is C19H19NO6. The van der Waals surface area contributed by atoms with Crippen LogP contribution in [0.5, 0.6) is 17.2 Å². The van der Waals surface area contributed by atoms with Gasteiger partial charge < -0.3 is 24.6 Å². The van der Waals surface area contributed by atoms with Crippen LogP contribution in [0.25, 0.3) is 6.08 Å². The van der Waals surface area contributed by atoms with E-state index in [1.165, 1.54) is 27.4 Å². The number of rotatable bonds is 7. The lowest BCUT2D eigenvalue weighted by Crippen LogP contribution is -2.27. The van der Waals surface area contributed by atoms with Gasteiger partial charge in [-0.2, -0.15) is 0 Å². The van der Waals surface area contributed by atoms with E-state index in [1.807, 2.05) is 0 Å². The van der Waals surface area contributed by atoms with Gasteiger partial charge in [0.25, 0.3) is 5.91 Å². The van der Waals surface area contributed by atoms with Gasteiger partial charge in [0.1, 0.15) is 5.70 Å². The standard InChI is InChI=1S/C19H19NO6/c1-24-15-10-9-13(16(25-2)17(15)26-3)11-14(19(22)23)20-18(21)12-7-5-4-6-8-12/h4-11H,1-3H3,(H,20,21)(H,22,23). The van der Waals surface area contributed by atoms with E-state index in [9.17, 15) is 14.7 Å². The first kappa shape index (κ1) is 18.9. The second-order valence-electron chi connectivity index (χ2n) is 5.11. The molecule has 0 heterocycles. The predicted molar refractivity (Wildman–Crippen MR) is 95.6 cm³/mol. The van der Waals surface area contributed by atoms with Crippen molar-refractivity contribution in [2.24, 2.45) is 0 Å². The van der Waals surface area contributed by atoms with E-state index in [0.29, 0.717) is 28.4 Å². The van der Waals surface area contributed by atoms with Crippen LogP contribution in [-0.2, 0) is 4.79 Å². The van der Waals surface area contributed by atoms with Crippen LogP contribution in [0, 0.1) is 0 Å². The number of carboxylic acid groups (broad SMARTS) is 1. The van der Waals surface area contributed by atoms with Crippen LogP contribution in [0.3, 0.4) is 0 Å². The maximum Gasteiger partial charge on any atom is 0.352 e. The molecule has 2 N–H and O–H groups in total. The average molecular weight is 357 g/mol. The second kappa shape index (κ2) is 8.57. The van der Waals surface area contributed by atoms with Crippen LogP contribution in [-0.4, -0.2) is 38.3 Å². The number of aliphatic carboxylic acids is 1. The van der Waals surface area contributed by atoms with Gasteiger partial charge in [-0.3, -0.25) is 4.79 Å². The van der Waals surface area contributed by atoms with Gasteiger partial charge in [-0.25, -0.2) is 4.79 Å². The molecule has 0 aromatic heterocycles. The Morgan fingerprint density at radius 1 is 0.923 bits per heavy atom. The van der Waals surface area contributed by atoms with Crippen LogP contribution >= 0.6 is 0 Å². The molecule has 0 aliphatic heterocycles. The SMILES string of the molecule is COc1ccc(C=C(NC(=O)c2ccccc2)C(=O)O)c(OC)c1OC. The topological polar surface area (TPSA) is 94.1 Å². The van der Waals surface area contributed by atoms with Gasteiger partial charge in [0.2, 0.25) is 5.75 Å². The lowest BCUT2D eigenvalue weighted by Gasteiger charge is -2.14. The minimum Gasteiger partial charge on any atom is -0.493 e. The molecule has 0 bridgehead atoms. The summed E-state index contributed by atoms with van der Waals surface area (Å²) in [5.41, 5.74) is 0.458. The van der Waals surface area contributed by atoms with Crippen molar-refractivity contribution in [3.63, 3.8) is 0 Å². The van der Waals surface area contributed by atoms with E-state index in [-0.39, 0.29) is 5.70 Å². The Balaban J connectivity index is 2.43. The van der Waals surface area contributed by atoms with Crippen LogP contribution < -0.4 is 19.5 Å². The highest BCUT2D eigenvalue weighted by atomic mass is 16.5. The molecule has 1 amide bonds. The lowest BCUT2D eigenvalue weighted by atomic mass is 10.1. The zero-order chi connectivity index (χ0) is 19.1. The molecule has 0 saturated heterocycles. The van der Waals surface area contributed by atoms with Crippen molar-refractivity contribution < 1.29 is 28.9 Å². The number of benzene rings is 2. The number of carbonyl (C=O) groups is 2. The van der Waals surface area contributed by atoms with Crippen molar-refractivity contribution in [2.45, 2.75) is 0 Å². The molecule has 0 atom stereocenters. The van der Waals surface area contributed by atoms with Crippen molar-refractivity contribution in [1.82, 2.24) is 5.32 Å². The molecule has 0 radical (unpaired) electrons. The molecule has 0 unspecified atom stereocenters. The van der Waals surface area contributed by atoms with Gasteiger partial charge in [0, 0.05) is 11.1 Å². The number of carbonyl (C=O) groups excluding carboxylic acids is 1. The monoisotopic (exact) mass is 357 g/mol. The third-order valence-electron chi connectivity index (χ3n) is 3.55. The quantitative estimate of drug-likeness (QED) is 0.740. The largest absolute Gasteiger partial charge is 0.493 e. The fraction of sp³-hybridized carbons (Fsp3) is 0.158. The number of carboxylic acids is 1. The number of methoxy groups -OCH3 is 3. The third kappa shape index (κ3) is 4.13. The molecule has 0 spiro atoms. The predicted octanol–water partition coefficient (Wildman–Crippen LogP) is 2.57. The molecule has 7 nitrogen and oxygen atoms in total. The number of nitrogens with one attached hydrogen (secondary N) is 1. The average Bonchev–Trinajstić information content (AvgIpc) is 2.67. The minimum absolute atomic E-state index is 0.291. The summed E-state index contributed by atoms with van der Waals surface area (Å²) in [7, 11) is 4.36. The molecule has 136 valence electrons. The zero-order valence-electron chi connectivity index (χ0n) is 14.6. The highest BCUT2D eigenvalue weighted by Gasteiger charge is 2.18. The van der Waals surface area contributed by atoms with Gasteiger partial charge in [-0.05, 0) is 30.3 Å². The molecule has 7 heteroatoms. The number of ether oxygens (including phenoxy) is 3. The molecule has 0 aliphatic rings. The van der Waals surface area contributed by atoms with Gasteiger partial charge >= 0.3 is 5.97 Å². The van der Waals surface area contributed by atoms with Crippen LogP contribution in [0.1, 0.15) is 15.9 Å². The second-order valence-corrected chi connectivity index (χ2v) is 5.11. The van der Waals surface area contributed by atoms with E-state index < -0.39 is 11.9 Å². The van der Waals surface area contributed by atoms with Crippen molar-refractivity contribution in [2.75, 3.05) is 21.3 Å². The Morgan fingerprint density at radius 3 is 2.12 bits per heavy atom. The van der Waals surface area contributed by atoms with Crippen molar-refractivity contribution in [3.05, 3.63) is 59.3 Å². The molecule has 2 rings (SSSR count). The molecule has 0 saturated carbocycles. The third-order valence-corrected chi connectivity index (χ3v) is 3.55. The Bertz CT molecular complexity index is 829. The van der Waals surface area contributed by atoms with Crippen LogP contribution in [0.15, 0.2) is 48.2 Å². The van der Waals surface area contributed by atoms with Crippen molar-refractivity contribution in [3.8, 4) is 17.2 Å². The van der Waals surface area contributed by atoms with E-state index in [0.717, 1.165) is 0 Å². The summed E-state index contributed by atoms with van der Waals surface area (Å²) in [6, 6.07) is 11.5. The van der Waals surface area contributed by atoms with Gasteiger partial charge in [0.05, 0.1) is 21.3 Å². The van der Waals surface area contributed by atoms with Gasteiger partial charge in [0.15, 0.2) is 11.5 Å². The van der Waals surface area contributed by atoms with E-state index in [2.05, 4.69) is 5.32 Å². The fourth-order valence-corrected chi connectivity index (χ4v) is 2.33. The van der Waals surface area contributed by atoms with Gasteiger partial charge in [-0.1, -0.05) is 18.2 Å². The van der Waals surface area contributed by atoms with Crippen LogP contribution in [0.2, 0.25) is 0 Å². The molecule has 26 heavy (non-hydrogen) atoms. The Morgan fingerprint density at radius 2 is 1.58 bits per heavy atom. The maximum atomic E-state index is 12.2. The Hall–Kier alpha value is -3.48. The summed E-state index contributed by atoms with van der Waals surface area (Å²) in [6.45, 7) is 0. The smallest absolute Gasteiger partial charge is 0.352 e. The normalized spacial score (nSPS) is 10.8. The van der Waals surface area contributed by atoms with Crippen LogP contribution in [0.4, 0.5) is 0 Å². The summed E-state index contributed by atoms with van der Waals surface area (Å²) < 4.78 is 15.8. The maximum absolute atomic E-state index is 12.2. The van der Waals surface area contributed by atoms with Crippen molar-refractivity contribution >= 4 is 18.0 Å². The van der Waals surface area contributed by atoms with Crippen molar-refractivity contribution in [1.29, 1.82) is 0 Å². The summed E-state index contributed by atoms with van der Waals surface area (Å²) in [4.78, 5) is 23.8. The fourth-order valence-electron chi connectivity index (χ4n) is 2.33. The van der Waals surface area contributed by atoms with Gasteiger partial charge in [-0.15, -0.1) is 0 Å². The lowest BCUT2D eigenvalue weighted by molar-refractivity contribution is -0.132.